The molecule has 0 atom stereocenters. The standard InChI is InChI=1S/C19H28N4S/c1-4-15-9-7-8-10-16(15)13-23-19(20-6-3)21-12-11-18-22-14-17(5-2)24-18/h7-10,14H,4-6,11-13H2,1-3H3,(H2,20,21,23). The summed E-state index contributed by atoms with van der Waals surface area (Å²) in [5.41, 5.74) is 2.66. The fraction of sp³-hybridized carbons (Fsp3) is 0.474. The van der Waals surface area contributed by atoms with Crippen molar-refractivity contribution in [1.29, 1.82) is 0 Å². The summed E-state index contributed by atoms with van der Waals surface area (Å²) in [4.78, 5) is 10.5. The average Bonchev–Trinajstić information content (AvgIpc) is 3.08. The molecule has 4 nitrogen and oxygen atoms in total. The second-order valence-corrected chi connectivity index (χ2v) is 6.77. The van der Waals surface area contributed by atoms with Gasteiger partial charge in [-0.15, -0.1) is 11.3 Å². The van der Waals surface area contributed by atoms with E-state index in [1.165, 1.54) is 21.0 Å². The Morgan fingerprint density at radius 2 is 1.88 bits per heavy atom. The van der Waals surface area contributed by atoms with Gasteiger partial charge in [0.2, 0.25) is 0 Å². The first-order valence-electron chi connectivity index (χ1n) is 8.79. The quantitative estimate of drug-likeness (QED) is 0.568. The Morgan fingerprint density at radius 1 is 1.08 bits per heavy atom. The zero-order valence-corrected chi connectivity index (χ0v) is 15.7. The van der Waals surface area contributed by atoms with Crippen LogP contribution in [0.5, 0.6) is 0 Å². The predicted octanol–water partition coefficient (Wildman–Crippen LogP) is 3.57. The molecule has 0 saturated heterocycles. The van der Waals surface area contributed by atoms with Gasteiger partial charge in [0.25, 0.3) is 0 Å². The monoisotopic (exact) mass is 344 g/mol. The average molecular weight is 345 g/mol. The molecular weight excluding hydrogens is 316 g/mol. The molecule has 0 aliphatic heterocycles. The Morgan fingerprint density at radius 3 is 2.54 bits per heavy atom. The molecule has 0 unspecified atom stereocenters. The van der Waals surface area contributed by atoms with Gasteiger partial charge in [0.1, 0.15) is 0 Å². The molecule has 0 aliphatic rings. The van der Waals surface area contributed by atoms with Crippen molar-refractivity contribution >= 4 is 17.3 Å². The van der Waals surface area contributed by atoms with Crippen LogP contribution in [0.3, 0.4) is 0 Å². The van der Waals surface area contributed by atoms with E-state index in [-0.39, 0.29) is 0 Å². The Balaban J connectivity index is 1.90. The van der Waals surface area contributed by atoms with Crippen LogP contribution in [0.15, 0.2) is 35.5 Å². The smallest absolute Gasteiger partial charge is 0.191 e. The van der Waals surface area contributed by atoms with E-state index >= 15 is 0 Å². The fourth-order valence-corrected chi connectivity index (χ4v) is 3.34. The molecule has 1 aromatic carbocycles. The maximum atomic E-state index is 4.72. The summed E-state index contributed by atoms with van der Waals surface area (Å²) < 4.78 is 0. The van der Waals surface area contributed by atoms with Gasteiger partial charge in [-0.3, -0.25) is 0 Å². The van der Waals surface area contributed by atoms with Crippen LogP contribution in [-0.2, 0) is 25.8 Å². The SMILES string of the molecule is CCNC(=NCc1ccccc1CC)NCCc1ncc(CC)s1. The van der Waals surface area contributed by atoms with E-state index in [1.807, 2.05) is 6.20 Å². The maximum absolute atomic E-state index is 4.72. The summed E-state index contributed by atoms with van der Waals surface area (Å²) in [7, 11) is 0. The predicted molar refractivity (Wildman–Crippen MR) is 104 cm³/mol. The van der Waals surface area contributed by atoms with E-state index in [9.17, 15) is 0 Å². The minimum absolute atomic E-state index is 0.705. The lowest BCUT2D eigenvalue weighted by Crippen LogP contribution is -2.38. The van der Waals surface area contributed by atoms with Crippen LogP contribution in [-0.4, -0.2) is 24.0 Å². The van der Waals surface area contributed by atoms with Gasteiger partial charge >= 0.3 is 0 Å². The van der Waals surface area contributed by atoms with Gasteiger partial charge in [0.05, 0.1) is 11.6 Å². The zero-order chi connectivity index (χ0) is 17.2. The number of aromatic nitrogens is 1. The third kappa shape index (κ3) is 5.64. The topological polar surface area (TPSA) is 49.3 Å². The summed E-state index contributed by atoms with van der Waals surface area (Å²) in [6.07, 6.45) is 5.02. The van der Waals surface area contributed by atoms with E-state index in [0.29, 0.717) is 6.54 Å². The summed E-state index contributed by atoms with van der Waals surface area (Å²) in [6.45, 7) is 8.85. The molecule has 1 aromatic heterocycles. The number of thiazole rings is 1. The molecule has 130 valence electrons. The highest BCUT2D eigenvalue weighted by molar-refractivity contribution is 7.11. The number of aliphatic imine (C=N–C) groups is 1. The number of guanidine groups is 1. The molecule has 5 heteroatoms. The van der Waals surface area contributed by atoms with E-state index in [0.717, 1.165) is 38.3 Å². The first-order valence-corrected chi connectivity index (χ1v) is 9.61. The van der Waals surface area contributed by atoms with E-state index < -0.39 is 0 Å². The highest BCUT2D eigenvalue weighted by atomic mass is 32.1. The molecule has 0 saturated carbocycles. The fourth-order valence-electron chi connectivity index (χ4n) is 2.48. The number of hydrogen-bond donors (Lipinski definition) is 2. The highest BCUT2D eigenvalue weighted by Crippen LogP contribution is 2.13. The summed E-state index contributed by atoms with van der Waals surface area (Å²) >= 11 is 1.80. The molecule has 0 fully saturated rings. The van der Waals surface area contributed by atoms with Crippen LogP contribution in [0.1, 0.15) is 41.8 Å². The molecular formula is C19H28N4S. The van der Waals surface area contributed by atoms with Crippen LogP contribution in [0, 0.1) is 0 Å². The first kappa shape index (κ1) is 18.5. The maximum Gasteiger partial charge on any atom is 0.191 e. The summed E-state index contributed by atoms with van der Waals surface area (Å²) in [5, 5.41) is 7.91. The van der Waals surface area contributed by atoms with Gasteiger partial charge in [-0.25, -0.2) is 9.98 Å². The van der Waals surface area contributed by atoms with Crippen molar-refractivity contribution in [3.05, 3.63) is 51.5 Å². The number of hydrogen-bond acceptors (Lipinski definition) is 3. The molecule has 2 N–H and O–H groups in total. The van der Waals surface area contributed by atoms with Crippen LogP contribution < -0.4 is 10.6 Å². The minimum Gasteiger partial charge on any atom is -0.357 e. The summed E-state index contributed by atoms with van der Waals surface area (Å²) in [5.74, 6) is 0.871. The molecule has 2 rings (SSSR count). The van der Waals surface area contributed by atoms with Crippen LogP contribution >= 0.6 is 11.3 Å². The van der Waals surface area contributed by atoms with Gasteiger partial charge in [-0.2, -0.15) is 0 Å². The third-order valence-corrected chi connectivity index (χ3v) is 5.03. The lowest BCUT2D eigenvalue weighted by molar-refractivity contribution is 0.795. The van der Waals surface area contributed by atoms with Crippen molar-refractivity contribution in [3.8, 4) is 0 Å². The van der Waals surface area contributed by atoms with Gasteiger partial charge in [-0.05, 0) is 30.9 Å². The number of rotatable bonds is 8. The molecule has 0 spiro atoms. The molecule has 2 aromatic rings. The van der Waals surface area contributed by atoms with Gasteiger partial charge in [0, 0.05) is 30.6 Å². The number of nitrogens with one attached hydrogen (secondary N) is 2. The van der Waals surface area contributed by atoms with Gasteiger partial charge in [-0.1, -0.05) is 38.1 Å². The Labute approximate surface area is 149 Å². The molecule has 0 radical (unpaired) electrons. The van der Waals surface area contributed by atoms with Crippen molar-refractivity contribution in [2.24, 2.45) is 4.99 Å². The highest BCUT2D eigenvalue weighted by Gasteiger charge is 2.03. The first-order chi connectivity index (χ1) is 11.8. The molecule has 0 bridgehead atoms. The van der Waals surface area contributed by atoms with Crippen LogP contribution in [0.4, 0.5) is 0 Å². The zero-order valence-electron chi connectivity index (χ0n) is 14.9. The Bertz CT molecular complexity index is 648. The van der Waals surface area contributed by atoms with Crippen LogP contribution in [0.25, 0.3) is 0 Å². The van der Waals surface area contributed by atoms with Gasteiger partial charge in [0.15, 0.2) is 5.96 Å². The molecule has 24 heavy (non-hydrogen) atoms. The molecule has 1 heterocycles. The minimum atomic E-state index is 0.705. The van der Waals surface area contributed by atoms with E-state index in [4.69, 9.17) is 4.99 Å². The third-order valence-electron chi connectivity index (χ3n) is 3.83. The number of benzene rings is 1. The van der Waals surface area contributed by atoms with Gasteiger partial charge < -0.3 is 10.6 Å². The Kier molecular flexibility index (Phi) is 7.75. The van der Waals surface area contributed by atoms with Crippen molar-refractivity contribution in [2.75, 3.05) is 13.1 Å². The van der Waals surface area contributed by atoms with E-state index in [1.54, 1.807) is 11.3 Å². The van der Waals surface area contributed by atoms with Crippen molar-refractivity contribution < 1.29 is 0 Å². The number of aryl methyl sites for hydroxylation is 2. The summed E-state index contributed by atoms with van der Waals surface area (Å²) in [6, 6.07) is 8.51. The largest absolute Gasteiger partial charge is 0.357 e. The second kappa shape index (κ2) is 10.1. The van der Waals surface area contributed by atoms with Crippen molar-refractivity contribution in [3.63, 3.8) is 0 Å². The Hall–Kier alpha value is -1.88. The molecule has 0 aliphatic carbocycles. The van der Waals surface area contributed by atoms with Crippen molar-refractivity contribution in [2.45, 2.75) is 46.6 Å². The lowest BCUT2D eigenvalue weighted by atomic mass is 10.1. The normalized spacial score (nSPS) is 11.5. The lowest BCUT2D eigenvalue weighted by Gasteiger charge is -2.11. The van der Waals surface area contributed by atoms with E-state index in [2.05, 4.69) is 60.7 Å². The molecule has 0 amide bonds. The van der Waals surface area contributed by atoms with Crippen molar-refractivity contribution in [1.82, 2.24) is 15.6 Å². The number of nitrogens with zero attached hydrogens (tertiary/aromatic N) is 2. The van der Waals surface area contributed by atoms with Crippen LogP contribution in [0.2, 0.25) is 0 Å². The second-order valence-electron chi connectivity index (χ2n) is 5.57.